The first-order chi connectivity index (χ1) is 7.65. The largest absolute Gasteiger partial charge is 0.466 e. The maximum Gasteiger partial charge on any atom is 0.313 e. The standard InChI is InChI=1S/C11H20N2O3/c1-2-16-11(15)5-10(14)8-13-4-3-9(6-12)7-13/h9H,2-8,12H2,1H3. The van der Waals surface area contributed by atoms with Gasteiger partial charge < -0.3 is 10.5 Å². The number of likely N-dealkylation sites (tertiary alicyclic amines) is 1. The van der Waals surface area contributed by atoms with E-state index in [4.69, 9.17) is 10.5 Å². The highest BCUT2D eigenvalue weighted by molar-refractivity contribution is 5.96. The van der Waals surface area contributed by atoms with Gasteiger partial charge in [0, 0.05) is 6.54 Å². The number of Topliss-reactive ketones (excluding diaryl/α,β-unsaturated/α-hetero) is 1. The van der Waals surface area contributed by atoms with Crippen LogP contribution in [0.5, 0.6) is 0 Å². The second kappa shape index (κ2) is 6.60. The van der Waals surface area contributed by atoms with Crippen molar-refractivity contribution in [2.75, 3.05) is 32.8 Å². The number of ether oxygens (including phenoxy) is 1. The molecule has 0 aliphatic carbocycles. The highest BCUT2D eigenvalue weighted by Gasteiger charge is 2.23. The molecule has 1 aliphatic heterocycles. The van der Waals surface area contributed by atoms with Crippen LogP contribution in [0.1, 0.15) is 19.8 Å². The van der Waals surface area contributed by atoms with Crippen LogP contribution in [0, 0.1) is 5.92 Å². The molecule has 0 aromatic carbocycles. The van der Waals surface area contributed by atoms with Crippen LogP contribution in [0.25, 0.3) is 0 Å². The van der Waals surface area contributed by atoms with Crippen LogP contribution in [0.4, 0.5) is 0 Å². The molecule has 0 aromatic rings. The van der Waals surface area contributed by atoms with Crippen molar-refractivity contribution in [1.29, 1.82) is 0 Å². The van der Waals surface area contributed by atoms with E-state index in [1.165, 1.54) is 0 Å². The van der Waals surface area contributed by atoms with Gasteiger partial charge in [0.05, 0.1) is 13.2 Å². The third-order valence-electron chi connectivity index (χ3n) is 2.75. The van der Waals surface area contributed by atoms with Crippen molar-refractivity contribution in [3.63, 3.8) is 0 Å². The summed E-state index contributed by atoms with van der Waals surface area (Å²) in [5.41, 5.74) is 5.56. The van der Waals surface area contributed by atoms with Crippen molar-refractivity contribution >= 4 is 11.8 Å². The van der Waals surface area contributed by atoms with Crippen molar-refractivity contribution in [2.45, 2.75) is 19.8 Å². The Labute approximate surface area is 95.9 Å². The normalized spacial score (nSPS) is 21.0. The van der Waals surface area contributed by atoms with Crippen LogP contribution in [0.15, 0.2) is 0 Å². The summed E-state index contributed by atoms with van der Waals surface area (Å²) in [5, 5.41) is 0. The van der Waals surface area contributed by atoms with E-state index in [9.17, 15) is 9.59 Å². The van der Waals surface area contributed by atoms with Gasteiger partial charge in [-0.2, -0.15) is 0 Å². The summed E-state index contributed by atoms with van der Waals surface area (Å²) < 4.78 is 4.72. The van der Waals surface area contributed by atoms with Crippen LogP contribution >= 0.6 is 0 Å². The van der Waals surface area contributed by atoms with Crippen LogP contribution < -0.4 is 5.73 Å². The van der Waals surface area contributed by atoms with E-state index in [0.717, 1.165) is 19.5 Å². The molecule has 0 radical (unpaired) electrons. The van der Waals surface area contributed by atoms with Gasteiger partial charge in [-0.05, 0) is 32.4 Å². The second-order valence-electron chi connectivity index (χ2n) is 4.15. The highest BCUT2D eigenvalue weighted by Crippen LogP contribution is 2.14. The van der Waals surface area contributed by atoms with Gasteiger partial charge in [-0.3, -0.25) is 14.5 Å². The fraction of sp³-hybridized carbons (Fsp3) is 0.818. The second-order valence-corrected chi connectivity index (χ2v) is 4.15. The van der Waals surface area contributed by atoms with Gasteiger partial charge in [0.25, 0.3) is 0 Å². The number of nitrogens with zero attached hydrogens (tertiary/aromatic N) is 1. The lowest BCUT2D eigenvalue weighted by atomic mass is 10.1. The third kappa shape index (κ3) is 4.28. The van der Waals surface area contributed by atoms with E-state index in [-0.39, 0.29) is 12.2 Å². The zero-order valence-electron chi connectivity index (χ0n) is 9.78. The van der Waals surface area contributed by atoms with Gasteiger partial charge in [-0.15, -0.1) is 0 Å². The van der Waals surface area contributed by atoms with E-state index >= 15 is 0 Å². The van der Waals surface area contributed by atoms with Crippen LogP contribution in [0.2, 0.25) is 0 Å². The molecule has 2 N–H and O–H groups in total. The number of carbonyl (C=O) groups is 2. The minimum atomic E-state index is -0.429. The molecule has 0 amide bonds. The average molecular weight is 228 g/mol. The Balaban J connectivity index is 2.22. The molecule has 1 atom stereocenters. The fourth-order valence-electron chi connectivity index (χ4n) is 1.93. The van der Waals surface area contributed by atoms with Gasteiger partial charge in [0.1, 0.15) is 6.42 Å². The maximum absolute atomic E-state index is 11.5. The number of carbonyl (C=O) groups excluding carboxylic acids is 2. The van der Waals surface area contributed by atoms with E-state index in [1.807, 2.05) is 0 Å². The van der Waals surface area contributed by atoms with Gasteiger partial charge >= 0.3 is 5.97 Å². The minimum absolute atomic E-state index is 0.0730. The molecule has 92 valence electrons. The quantitative estimate of drug-likeness (QED) is 0.503. The Bertz CT molecular complexity index is 256. The summed E-state index contributed by atoms with van der Waals surface area (Å²) in [7, 11) is 0. The zero-order valence-corrected chi connectivity index (χ0v) is 9.78. The van der Waals surface area contributed by atoms with Crippen molar-refractivity contribution in [2.24, 2.45) is 11.7 Å². The minimum Gasteiger partial charge on any atom is -0.466 e. The number of hydrogen-bond acceptors (Lipinski definition) is 5. The molecule has 0 aromatic heterocycles. The highest BCUT2D eigenvalue weighted by atomic mass is 16.5. The molecule has 1 fully saturated rings. The van der Waals surface area contributed by atoms with Crippen LogP contribution in [-0.4, -0.2) is 49.4 Å². The van der Waals surface area contributed by atoms with E-state index in [0.29, 0.717) is 25.6 Å². The Morgan fingerprint density at radius 1 is 1.50 bits per heavy atom. The lowest BCUT2D eigenvalue weighted by Gasteiger charge is -2.14. The lowest BCUT2D eigenvalue weighted by molar-refractivity contribution is -0.145. The molecular weight excluding hydrogens is 208 g/mol. The van der Waals surface area contributed by atoms with Crippen LogP contribution in [0.3, 0.4) is 0 Å². The first-order valence-electron chi connectivity index (χ1n) is 5.75. The molecule has 0 saturated carbocycles. The summed E-state index contributed by atoms with van der Waals surface area (Å²) in [4.78, 5) is 24.6. The molecule has 1 rings (SSSR count). The molecule has 1 unspecified atom stereocenters. The smallest absolute Gasteiger partial charge is 0.313 e. The zero-order chi connectivity index (χ0) is 12.0. The molecule has 5 nitrogen and oxygen atoms in total. The van der Waals surface area contributed by atoms with Crippen molar-refractivity contribution in [3.05, 3.63) is 0 Å². The molecule has 1 heterocycles. The summed E-state index contributed by atoms with van der Waals surface area (Å²) in [6.07, 6.45) is 0.931. The molecule has 16 heavy (non-hydrogen) atoms. The monoisotopic (exact) mass is 228 g/mol. The molecular formula is C11H20N2O3. The summed E-state index contributed by atoms with van der Waals surface area (Å²) in [6.45, 7) is 4.83. The Hall–Kier alpha value is -0.940. The van der Waals surface area contributed by atoms with Gasteiger partial charge in [-0.1, -0.05) is 0 Å². The van der Waals surface area contributed by atoms with Gasteiger partial charge in [-0.25, -0.2) is 0 Å². The molecule has 5 heteroatoms. The first-order valence-corrected chi connectivity index (χ1v) is 5.75. The number of esters is 1. The van der Waals surface area contributed by atoms with E-state index in [2.05, 4.69) is 4.90 Å². The van der Waals surface area contributed by atoms with E-state index < -0.39 is 5.97 Å². The van der Waals surface area contributed by atoms with E-state index in [1.54, 1.807) is 6.92 Å². The number of rotatable bonds is 6. The Morgan fingerprint density at radius 3 is 2.81 bits per heavy atom. The van der Waals surface area contributed by atoms with Crippen molar-refractivity contribution < 1.29 is 14.3 Å². The summed E-state index contributed by atoms with van der Waals surface area (Å²) >= 11 is 0. The third-order valence-corrected chi connectivity index (χ3v) is 2.75. The topological polar surface area (TPSA) is 72.6 Å². The first kappa shape index (κ1) is 13.1. The summed E-state index contributed by atoms with van der Waals surface area (Å²) in [5.74, 6) is -0.00594. The van der Waals surface area contributed by atoms with Gasteiger partial charge in [0.15, 0.2) is 5.78 Å². The van der Waals surface area contributed by atoms with Gasteiger partial charge in [0.2, 0.25) is 0 Å². The Kier molecular flexibility index (Phi) is 5.42. The Morgan fingerprint density at radius 2 is 2.25 bits per heavy atom. The molecule has 0 spiro atoms. The predicted molar refractivity (Wildman–Crippen MR) is 59.9 cm³/mol. The number of hydrogen-bond donors (Lipinski definition) is 1. The van der Waals surface area contributed by atoms with Crippen LogP contribution in [-0.2, 0) is 14.3 Å². The number of ketones is 1. The fourth-order valence-corrected chi connectivity index (χ4v) is 1.93. The number of nitrogens with two attached hydrogens (primary N) is 1. The van der Waals surface area contributed by atoms with Crippen molar-refractivity contribution in [1.82, 2.24) is 4.90 Å². The summed E-state index contributed by atoms with van der Waals surface area (Å²) in [6, 6.07) is 0. The SMILES string of the molecule is CCOC(=O)CC(=O)CN1CCC(CN)C1. The molecule has 1 saturated heterocycles. The lowest BCUT2D eigenvalue weighted by Crippen LogP contribution is -2.30. The molecule has 0 bridgehead atoms. The maximum atomic E-state index is 11.5. The van der Waals surface area contributed by atoms with Crippen molar-refractivity contribution in [3.8, 4) is 0 Å². The predicted octanol–water partition coefficient (Wildman–Crippen LogP) is -0.211. The average Bonchev–Trinajstić information content (AvgIpc) is 2.65. The molecule has 1 aliphatic rings.